The number of amides is 1. The highest BCUT2D eigenvalue weighted by Crippen LogP contribution is 2.22. The predicted octanol–water partition coefficient (Wildman–Crippen LogP) is 2.95. The Hall–Kier alpha value is -2.93. The summed E-state index contributed by atoms with van der Waals surface area (Å²) in [5.41, 5.74) is 1.71. The van der Waals surface area contributed by atoms with Gasteiger partial charge in [0.05, 0.1) is 25.8 Å². The van der Waals surface area contributed by atoms with Gasteiger partial charge in [-0.1, -0.05) is 0 Å². The van der Waals surface area contributed by atoms with E-state index in [1.165, 1.54) is 11.3 Å². The van der Waals surface area contributed by atoms with Crippen molar-refractivity contribution in [3.8, 4) is 22.1 Å². The van der Waals surface area contributed by atoms with Gasteiger partial charge in [-0.05, 0) is 36.4 Å². The average Bonchev–Trinajstić information content (AvgIpc) is 3.15. The summed E-state index contributed by atoms with van der Waals surface area (Å²) in [4.78, 5) is 20.6. The van der Waals surface area contributed by atoms with E-state index in [0.717, 1.165) is 27.8 Å². The van der Waals surface area contributed by atoms with Crippen molar-refractivity contribution in [3.63, 3.8) is 0 Å². The summed E-state index contributed by atoms with van der Waals surface area (Å²) in [5.74, 6) is 1.44. The molecular formula is C19H19N3O3S. The van der Waals surface area contributed by atoms with Crippen LogP contribution in [0.25, 0.3) is 10.6 Å². The number of hydrogen-bond acceptors (Lipinski definition) is 6. The molecule has 7 heteroatoms. The van der Waals surface area contributed by atoms with Gasteiger partial charge in [-0.15, -0.1) is 11.3 Å². The molecular weight excluding hydrogens is 350 g/mol. The Morgan fingerprint density at radius 2 is 2.00 bits per heavy atom. The van der Waals surface area contributed by atoms with Crippen molar-refractivity contribution >= 4 is 17.2 Å². The third kappa shape index (κ3) is 5.03. The Kier molecular flexibility index (Phi) is 6.16. The van der Waals surface area contributed by atoms with Gasteiger partial charge in [0.1, 0.15) is 23.1 Å². The zero-order valence-corrected chi connectivity index (χ0v) is 15.2. The number of carbonyl (C=O) groups excluding carboxylic acids is 1. The standard InChI is InChI=1S/C19H19N3O3S/c1-24-16-4-6-17(7-5-16)25-10-9-21-18(23)11-15-13-26-19(22-15)14-3-2-8-20-12-14/h2-8,12-13H,9-11H2,1H3,(H,21,23). The summed E-state index contributed by atoms with van der Waals surface area (Å²) < 4.78 is 10.7. The van der Waals surface area contributed by atoms with Crippen molar-refractivity contribution in [2.75, 3.05) is 20.3 Å². The topological polar surface area (TPSA) is 73.3 Å². The molecule has 3 aromatic rings. The summed E-state index contributed by atoms with van der Waals surface area (Å²) in [6.45, 7) is 0.834. The summed E-state index contributed by atoms with van der Waals surface area (Å²) in [5, 5.41) is 5.60. The number of hydrogen-bond donors (Lipinski definition) is 1. The Morgan fingerprint density at radius 3 is 2.73 bits per heavy atom. The van der Waals surface area contributed by atoms with E-state index in [2.05, 4.69) is 15.3 Å². The van der Waals surface area contributed by atoms with Gasteiger partial charge in [-0.3, -0.25) is 9.78 Å². The van der Waals surface area contributed by atoms with Crippen LogP contribution >= 0.6 is 11.3 Å². The molecule has 0 saturated heterocycles. The molecule has 0 saturated carbocycles. The molecule has 26 heavy (non-hydrogen) atoms. The van der Waals surface area contributed by atoms with Crippen LogP contribution in [0.5, 0.6) is 11.5 Å². The maximum absolute atomic E-state index is 12.0. The van der Waals surface area contributed by atoms with Crippen molar-refractivity contribution in [1.29, 1.82) is 0 Å². The molecule has 0 aliphatic heterocycles. The van der Waals surface area contributed by atoms with E-state index in [1.807, 2.05) is 41.8 Å². The monoisotopic (exact) mass is 369 g/mol. The maximum atomic E-state index is 12.0. The first-order valence-electron chi connectivity index (χ1n) is 8.13. The van der Waals surface area contributed by atoms with Crippen LogP contribution in [0.2, 0.25) is 0 Å². The number of nitrogens with one attached hydrogen (secondary N) is 1. The molecule has 0 unspecified atom stereocenters. The fraction of sp³-hybridized carbons (Fsp3) is 0.211. The second-order valence-corrected chi connectivity index (χ2v) is 6.29. The smallest absolute Gasteiger partial charge is 0.226 e. The van der Waals surface area contributed by atoms with Crippen molar-refractivity contribution in [1.82, 2.24) is 15.3 Å². The van der Waals surface area contributed by atoms with Gasteiger partial charge >= 0.3 is 0 Å². The number of rotatable bonds is 8. The molecule has 2 aromatic heterocycles. The number of nitrogens with zero attached hydrogens (tertiary/aromatic N) is 2. The second-order valence-electron chi connectivity index (χ2n) is 5.44. The summed E-state index contributed by atoms with van der Waals surface area (Å²) in [6.07, 6.45) is 3.73. The van der Waals surface area contributed by atoms with Gasteiger partial charge in [0, 0.05) is 23.3 Å². The molecule has 0 aliphatic rings. The van der Waals surface area contributed by atoms with E-state index in [-0.39, 0.29) is 12.3 Å². The highest BCUT2D eigenvalue weighted by molar-refractivity contribution is 7.13. The SMILES string of the molecule is COc1ccc(OCCNC(=O)Cc2csc(-c3cccnc3)n2)cc1. The van der Waals surface area contributed by atoms with E-state index in [9.17, 15) is 4.79 Å². The molecule has 0 atom stereocenters. The predicted molar refractivity (Wildman–Crippen MR) is 101 cm³/mol. The van der Waals surface area contributed by atoms with Crippen molar-refractivity contribution < 1.29 is 14.3 Å². The van der Waals surface area contributed by atoms with Crippen LogP contribution in [0.15, 0.2) is 54.2 Å². The highest BCUT2D eigenvalue weighted by atomic mass is 32.1. The molecule has 1 N–H and O–H groups in total. The number of carbonyl (C=O) groups is 1. The second kappa shape index (κ2) is 8.96. The van der Waals surface area contributed by atoms with E-state index < -0.39 is 0 Å². The minimum Gasteiger partial charge on any atom is -0.497 e. The Balaban J connectivity index is 1.41. The first kappa shape index (κ1) is 17.9. The first-order valence-corrected chi connectivity index (χ1v) is 9.01. The van der Waals surface area contributed by atoms with E-state index >= 15 is 0 Å². The molecule has 1 aromatic carbocycles. The summed E-state index contributed by atoms with van der Waals surface area (Å²) >= 11 is 1.51. The quantitative estimate of drug-likeness (QED) is 0.618. The lowest BCUT2D eigenvalue weighted by atomic mass is 10.3. The van der Waals surface area contributed by atoms with Gasteiger partial charge in [-0.25, -0.2) is 4.98 Å². The molecule has 6 nitrogen and oxygen atoms in total. The van der Waals surface area contributed by atoms with Crippen LogP contribution in [0.1, 0.15) is 5.69 Å². The zero-order valence-electron chi connectivity index (χ0n) is 14.3. The first-order chi connectivity index (χ1) is 12.7. The molecule has 134 valence electrons. The molecule has 0 spiro atoms. The number of aromatic nitrogens is 2. The van der Waals surface area contributed by atoms with Crippen molar-refractivity contribution in [2.45, 2.75) is 6.42 Å². The number of ether oxygens (including phenoxy) is 2. The van der Waals surface area contributed by atoms with Crippen LogP contribution in [0, 0.1) is 0 Å². The molecule has 2 heterocycles. The van der Waals surface area contributed by atoms with E-state index in [1.54, 1.807) is 19.5 Å². The molecule has 0 bridgehead atoms. The van der Waals surface area contributed by atoms with Gasteiger partial charge in [0.25, 0.3) is 0 Å². The van der Waals surface area contributed by atoms with E-state index in [0.29, 0.717) is 13.2 Å². The lowest BCUT2D eigenvalue weighted by Gasteiger charge is -2.08. The molecule has 0 aliphatic carbocycles. The number of benzene rings is 1. The maximum Gasteiger partial charge on any atom is 0.226 e. The third-order valence-electron chi connectivity index (χ3n) is 3.55. The minimum atomic E-state index is -0.0774. The van der Waals surface area contributed by atoms with Crippen LogP contribution < -0.4 is 14.8 Å². The Labute approximate surface area is 155 Å². The zero-order chi connectivity index (χ0) is 18.2. The van der Waals surface area contributed by atoms with Gasteiger partial charge in [0.2, 0.25) is 5.91 Å². The van der Waals surface area contributed by atoms with Gasteiger partial charge in [0.15, 0.2) is 0 Å². The fourth-order valence-electron chi connectivity index (χ4n) is 2.27. The van der Waals surface area contributed by atoms with Crippen molar-refractivity contribution in [3.05, 3.63) is 59.9 Å². The number of thiazole rings is 1. The molecule has 3 rings (SSSR count). The van der Waals surface area contributed by atoms with E-state index in [4.69, 9.17) is 9.47 Å². The Morgan fingerprint density at radius 1 is 1.19 bits per heavy atom. The highest BCUT2D eigenvalue weighted by Gasteiger charge is 2.09. The lowest BCUT2D eigenvalue weighted by molar-refractivity contribution is -0.120. The Bertz CT molecular complexity index is 835. The minimum absolute atomic E-state index is 0.0774. The van der Waals surface area contributed by atoms with Crippen LogP contribution in [0.3, 0.4) is 0 Å². The largest absolute Gasteiger partial charge is 0.497 e. The van der Waals surface area contributed by atoms with Crippen LogP contribution in [-0.2, 0) is 11.2 Å². The third-order valence-corrected chi connectivity index (χ3v) is 4.49. The normalized spacial score (nSPS) is 10.3. The number of pyridine rings is 1. The average molecular weight is 369 g/mol. The van der Waals surface area contributed by atoms with Crippen LogP contribution in [0.4, 0.5) is 0 Å². The lowest BCUT2D eigenvalue weighted by Crippen LogP contribution is -2.29. The van der Waals surface area contributed by atoms with Crippen molar-refractivity contribution in [2.24, 2.45) is 0 Å². The molecule has 0 radical (unpaired) electrons. The van der Waals surface area contributed by atoms with Gasteiger partial charge in [-0.2, -0.15) is 0 Å². The molecule has 1 amide bonds. The summed E-state index contributed by atoms with van der Waals surface area (Å²) in [7, 11) is 1.62. The number of methoxy groups -OCH3 is 1. The van der Waals surface area contributed by atoms with Crippen LogP contribution in [-0.4, -0.2) is 36.1 Å². The van der Waals surface area contributed by atoms with Gasteiger partial charge < -0.3 is 14.8 Å². The molecule has 0 fully saturated rings. The summed E-state index contributed by atoms with van der Waals surface area (Å²) in [6, 6.07) is 11.1. The fourth-order valence-corrected chi connectivity index (χ4v) is 3.08.